The molecule has 0 radical (unpaired) electrons. The smallest absolute Gasteiger partial charge is 0.245 e. The fraction of sp³-hybridized carbons (Fsp3) is 0.278. The third kappa shape index (κ3) is 4.10. The van der Waals surface area contributed by atoms with Crippen LogP contribution in [-0.2, 0) is 10.0 Å². The number of sulfonamides is 1. The third-order valence-corrected chi connectivity index (χ3v) is 6.50. The van der Waals surface area contributed by atoms with Gasteiger partial charge in [0.25, 0.3) is 0 Å². The second kappa shape index (κ2) is 7.84. The molecule has 0 amide bonds. The van der Waals surface area contributed by atoms with Gasteiger partial charge in [-0.25, -0.2) is 21.9 Å². The van der Waals surface area contributed by atoms with Gasteiger partial charge < -0.3 is 4.74 Å². The molecule has 152 valence electrons. The van der Waals surface area contributed by atoms with Gasteiger partial charge >= 0.3 is 0 Å². The molecule has 3 heterocycles. The molecule has 0 saturated carbocycles. The van der Waals surface area contributed by atoms with E-state index in [-0.39, 0.29) is 19.2 Å². The summed E-state index contributed by atoms with van der Waals surface area (Å²) in [6.07, 6.45) is 3.94. The van der Waals surface area contributed by atoms with Crippen molar-refractivity contribution < 1.29 is 21.9 Å². The molecule has 0 bridgehead atoms. The van der Waals surface area contributed by atoms with Crippen molar-refractivity contribution in [2.75, 3.05) is 13.1 Å². The Balaban J connectivity index is 1.38. The van der Waals surface area contributed by atoms with E-state index in [1.54, 1.807) is 35.3 Å². The number of piperidine rings is 1. The molecule has 2 aromatic heterocycles. The Kier molecular flexibility index (Phi) is 5.24. The van der Waals surface area contributed by atoms with Crippen molar-refractivity contribution in [3.05, 3.63) is 60.4 Å². The van der Waals surface area contributed by atoms with Crippen molar-refractivity contribution >= 4 is 10.0 Å². The number of benzene rings is 1. The highest BCUT2D eigenvalue weighted by Crippen LogP contribution is 2.25. The van der Waals surface area contributed by atoms with Crippen LogP contribution in [-0.4, -0.2) is 51.9 Å². The zero-order valence-corrected chi connectivity index (χ0v) is 16.0. The van der Waals surface area contributed by atoms with Gasteiger partial charge in [-0.2, -0.15) is 9.40 Å². The molecule has 3 aromatic rings. The second-order valence-electron chi connectivity index (χ2n) is 6.48. The largest absolute Gasteiger partial charge is 0.473 e. The van der Waals surface area contributed by atoms with Crippen LogP contribution in [0.5, 0.6) is 5.88 Å². The van der Waals surface area contributed by atoms with E-state index in [0.717, 1.165) is 12.1 Å². The van der Waals surface area contributed by atoms with Crippen LogP contribution in [0.25, 0.3) is 5.82 Å². The SMILES string of the molecule is O=S(=O)(c1ccc(F)cc1F)N1CCC(Oc2ccc(-n3cccn3)nn2)CC1. The second-order valence-corrected chi connectivity index (χ2v) is 8.38. The molecule has 1 aromatic carbocycles. The quantitative estimate of drug-likeness (QED) is 0.627. The highest BCUT2D eigenvalue weighted by Gasteiger charge is 2.32. The lowest BCUT2D eigenvalue weighted by Crippen LogP contribution is -2.42. The van der Waals surface area contributed by atoms with Gasteiger partial charge in [-0.1, -0.05) is 0 Å². The molecule has 1 aliphatic rings. The maximum atomic E-state index is 13.9. The molecular formula is C18H17F2N5O3S. The molecule has 1 saturated heterocycles. The first-order chi connectivity index (χ1) is 13.9. The Morgan fingerprint density at radius 2 is 1.86 bits per heavy atom. The van der Waals surface area contributed by atoms with E-state index in [9.17, 15) is 17.2 Å². The van der Waals surface area contributed by atoms with Crippen LogP contribution in [0.15, 0.2) is 53.7 Å². The van der Waals surface area contributed by atoms with Gasteiger partial charge in [-0.15, -0.1) is 10.2 Å². The molecule has 0 unspecified atom stereocenters. The summed E-state index contributed by atoms with van der Waals surface area (Å²) in [6.45, 7) is 0.311. The number of rotatable bonds is 5. The van der Waals surface area contributed by atoms with Crippen LogP contribution in [0.4, 0.5) is 8.78 Å². The highest BCUT2D eigenvalue weighted by atomic mass is 32.2. The summed E-state index contributed by atoms with van der Waals surface area (Å²) >= 11 is 0. The van der Waals surface area contributed by atoms with Crippen molar-refractivity contribution in [1.29, 1.82) is 0 Å². The summed E-state index contributed by atoms with van der Waals surface area (Å²) in [5.74, 6) is -1.06. The van der Waals surface area contributed by atoms with Crippen LogP contribution in [0.3, 0.4) is 0 Å². The predicted molar refractivity (Wildman–Crippen MR) is 97.9 cm³/mol. The normalized spacial score (nSPS) is 16.1. The summed E-state index contributed by atoms with van der Waals surface area (Å²) in [6, 6.07) is 7.59. The molecule has 0 spiro atoms. The monoisotopic (exact) mass is 421 g/mol. The summed E-state index contributed by atoms with van der Waals surface area (Å²) in [5, 5.41) is 12.1. The van der Waals surface area contributed by atoms with Crippen LogP contribution in [0.1, 0.15) is 12.8 Å². The molecule has 4 rings (SSSR count). The molecule has 1 aliphatic heterocycles. The summed E-state index contributed by atoms with van der Waals surface area (Å²) < 4.78 is 60.7. The Hall–Kier alpha value is -2.92. The molecule has 1 fully saturated rings. The molecule has 0 aliphatic carbocycles. The molecule has 0 atom stereocenters. The zero-order valence-electron chi connectivity index (χ0n) is 15.1. The Morgan fingerprint density at radius 3 is 2.48 bits per heavy atom. The summed E-state index contributed by atoms with van der Waals surface area (Å²) in [5.41, 5.74) is 0. The number of hydrogen-bond acceptors (Lipinski definition) is 6. The standard InChI is InChI=1S/C18H17F2N5O3S/c19-13-2-3-16(15(20)12-13)29(26,27)24-10-6-14(7-11-24)28-18-5-4-17(22-23-18)25-9-1-8-21-25/h1-5,8-9,12,14H,6-7,10-11H2. The lowest BCUT2D eigenvalue weighted by atomic mass is 10.1. The van der Waals surface area contributed by atoms with E-state index in [0.29, 0.717) is 30.6 Å². The average molecular weight is 421 g/mol. The van der Waals surface area contributed by atoms with Gasteiger partial charge in [-0.05, 0) is 37.1 Å². The number of nitrogens with zero attached hydrogens (tertiary/aromatic N) is 5. The first-order valence-corrected chi connectivity index (χ1v) is 10.3. The first-order valence-electron chi connectivity index (χ1n) is 8.89. The minimum atomic E-state index is -4.04. The lowest BCUT2D eigenvalue weighted by Gasteiger charge is -2.31. The molecule has 11 heteroatoms. The van der Waals surface area contributed by atoms with Crippen molar-refractivity contribution in [1.82, 2.24) is 24.3 Å². The Labute approximate surface area is 165 Å². The first kappa shape index (κ1) is 19.4. The number of hydrogen-bond donors (Lipinski definition) is 0. The van der Waals surface area contributed by atoms with Crippen molar-refractivity contribution in [3.8, 4) is 11.7 Å². The predicted octanol–water partition coefficient (Wildman–Crippen LogP) is 2.17. The molecular weight excluding hydrogens is 404 g/mol. The maximum Gasteiger partial charge on any atom is 0.245 e. The molecule has 0 N–H and O–H groups in total. The molecule has 8 nitrogen and oxygen atoms in total. The van der Waals surface area contributed by atoms with Gasteiger partial charge in [0, 0.05) is 37.6 Å². The van der Waals surface area contributed by atoms with E-state index in [4.69, 9.17) is 4.74 Å². The average Bonchev–Trinajstić information content (AvgIpc) is 3.23. The van der Waals surface area contributed by atoms with Gasteiger partial charge in [-0.3, -0.25) is 0 Å². The topological polar surface area (TPSA) is 90.2 Å². The summed E-state index contributed by atoms with van der Waals surface area (Å²) in [4.78, 5) is -0.529. The summed E-state index contributed by atoms with van der Waals surface area (Å²) in [7, 11) is -4.04. The Morgan fingerprint density at radius 1 is 1.07 bits per heavy atom. The maximum absolute atomic E-state index is 13.9. The van der Waals surface area contributed by atoms with Crippen molar-refractivity contribution in [2.24, 2.45) is 0 Å². The number of halogens is 2. The van der Waals surface area contributed by atoms with Crippen LogP contribution in [0.2, 0.25) is 0 Å². The fourth-order valence-electron chi connectivity index (χ4n) is 3.09. The Bertz CT molecular complexity index is 1080. The van der Waals surface area contributed by atoms with Gasteiger partial charge in [0.15, 0.2) is 5.82 Å². The van der Waals surface area contributed by atoms with E-state index < -0.39 is 26.6 Å². The number of ether oxygens (including phenoxy) is 1. The van der Waals surface area contributed by atoms with Crippen molar-refractivity contribution in [3.63, 3.8) is 0 Å². The van der Waals surface area contributed by atoms with Crippen molar-refractivity contribution in [2.45, 2.75) is 23.8 Å². The van der Waals surface area contributed by atoms with E-state index >= 15 is 0 Å². The lowest BCUT2D eigenvalue weighted by molar-refractivity contribution is 0.128. The van der Waals surface area contributed by atoms with Gasteiger partial charge in [0.05, 0.1) is 0 Å². The fourth-order valence-corrected chi connectivity index (χ4v) is 4.60. The van der Waals surface area contributed by atoms with E-state index in [1.807, 2.05) is 0 Å². The van der Waals surface area contributed by atoms with Crippen LogP contribution < -0.4 is 4.74 Å². The van der Waals surface area contributed by atoms with E-state index in [2.05, 4.69) is 15.3 Å². The van der Waals surface area contributed by atoms with Gasteiger partial charge in [0.2, 0.25) is 15.9 Å². The number of aromatic nitrogens is 4. The zero-order chi connectivity index (χ0) is 20.4. The third-order valence-electron chi connectivity index (χ3n) is 4.57. The minimum absolute atomic E-state index is 0.155. The molecule has 29 heavy (non-hydrogen) atoms. The van der Waals surface area contributed by atoms with Gasteiger partial charge in [0.1, 0.15) is 22.6 Å². The van der Waals surface area contributed by atoms with Crippen LogP contribution >= 0.6 is 0 Å². The minimum Gasteiger partial charge on any atom is -0.473 e. The van der Waals surface area contributed by atoms with E-state index in [1.165, 1.54) is 4.31 Å². The van der Waals surface area contributed by atoms with Crippen LogP contribution in [0, 0.1) is 11.6 Å². The highest BCUT2D eigenvalue weighted by molar-refractivity contribution is 7.89.